The first kappa shape index (κ1) is 12.6. The third-order valence-electron chi connectivity index (χ3n) is 2.57. The molecule has 0 N–H and O–H groups in total. The first-order valence-corrected chi connectivity index (χ1v) is 5.81. The number of hydrogen-bond donors (Lipinski definition) is 0. The quantitative estimate of drug-likeness (QED) is 0.543. The fourth-order valence-electron chi connectivity index (χ4n) is 1.55. The first-order valence-electron chi connectivity index (χ1n) is 5.81. The van der Waals surface area contributed by atoms with Gasteiger partial charge in [-0.15, -0.1) is 0 Å². The molecule has 0 saturated carbocycles. The molecule has 0 heterocycles. The fourth-order valence-corrected chi connectivity index (χ4v) is 1.55. The summed E-state index contributed by atoms with van der Waals surface area (Å²) in [6.07, 6.45) is 2.59. The number of carbonyl (C=O) groups is 2. The molecular weight excluding hydrogens is 200 g/mol. The van der Waals surface area contributed by atoms with Gasteiger partial charge in [-0.2, -0.15) is 0 Å². The average Bonchev–Trinajstić information content (AvgIpc) is 2.30. The molecule has 16 heavy (non-hydrogen) atoms. The number of carbonyl (C=O) groups excluding carboxylic acids is 2. The summed E-state index contributed by atoms with van der Waals surface area (Å²) in [5.74, 6) is -0.0717. The molecule has 0 bridgehead atoms. The van der Waals surface area contributed by atoms with Gasteiger partial charge in [-0.3, -0.25) is 9.59 Å². The van der Waals surface area contributed by atoms with Gasteiger partial charge in [0.05, 0.1) is 6.42 Å². The summed E-state index contributed by atoms with van der Waals surface area (Å²) in [5.41, 5.74) is 1.88. The Morgan fingerprint density at radius 1 is 1.06 bits per heavy atom. The molecule has 0 spiro atoms. The van der Waals surface area contributed by atoms with Gasteiger partial charge in [-0.25, -0.2) is 0 Å². The fraction of sp³-hybridized carbons (Fsp3) is 0.429. The minimum Gasteiger partial charge on any atom is -0.299 e. The summed E-state index contributed by atoms with van der Waals surface area (Å²) in [4.78, 5) is 22.8. The van der Waals surface area contributed by atoms with Gasteiger partial charge >= 0.3 is 0 Å². The van der Waals surface area contributed by atoms with E-state index in [-0.39, 0.29) is 18.0 Å². The Morgan fingerprint density at radius 2 is 1.69 bits per heavy atom. The topological polar surface area (TPSA) is 34.1 Å². The highest BCUT2D eigenvalue weighted by atomic mass is 16.1. The molecule has 0 amide bonds. The molecule has 86 valence electrons. The molecular formula is C14H18O2. The second kappa shape index (κ2) is 6.21. The van der Waals surface area contributed by atoms with Crippen molar-refractivity contribution >= 4 is 11.6 Å². The predicted molar refractivity (Wildman–Crippen MR) is 64.7 cm³/mol. The Balaban J connectivity index is 2.66. The smallest absolute Gasteiger partial charge is 0.170 e. The molecule has 2 nitrogen and oxygen atoms in total. The maximum absolute atomic E-state index is 11.7. The maximum Gasteiger partial charge on any atom is 0.170 e. The molecule has 0 aliphatic heterocycles. The van der Waals surface area contributed by atoms with Gasteiger partial charge in [-0.05, 0) is 12.0 Å². The average molecular weight is 218 g/mol. The van der Waals surface area contributed by atoms with Crippen LogP contribution >= 0.6 is 0 Å². The Labute approximate surface area is 96.7 Å². The minimum atomic E-state index is -0.0742. The lowest BCUT2D eigenvalue weighted by molar-refractivity contribution is -0.117. The van der Waals surface area contributed by atoms with Crippen LogP contribution in [-0.4, -0.2) is 11.6 Å². The van der Waals surface area contributed by atoms with Crippen LogP contribution < -0.4 is 0 Å². The van der Waals surface area contributed by atoms with E-state index in [4.69, 9.17) is 0 Å². The van der Waals surface area contributed by atoms with Crippen molar-refractivity contribution < 1.29 is 9.59 Å². The highest BCUT2D eigenvalue weighted by molar-refractivity contribution is 6.07. The summed E-state index contributed by atoms with van der Waals surface area (Å²) in [6, 6.07) is 7.56. The maximum atomic E-state index is 11.7. The third-order valence-corrected chi connectivity index (χ3v) is 2.57. The van der Waals surface area contributed by atoms with Crippen molar-refractivity contribution in [2.24, 2.45) is 0 Å². The van der Waals surface area contributed by atoms with E-state index in [1.807, 2.05) is 24.3 Å². The second-order valence-electron chi connectivity index (χ2n) is 3.94. The number of rotatable bonds is 6. The predicted octanol–water partition coefficient (Wildman–Crippen LogP) is 3.19. The van der Waals surface area contributed by atoms with Crippen LogP contribution in [0.1, 0.15) is 49.0 Å². The summed E-state index contributed by atoms with van der Waals surface area (Å²) in [5, 5.41) is 0. The summed E-state index contributed by atoms with van der Waals surface area (Å²) < 4.78 is 0. The van der Waals surface area contributed by atoms with Gasteiger partial charge in [0.15, 0.2) is 5.78 Å². The lowest BCUT2D eigenvalue weighted by Gasteiger charge is -2.02. The van der Waals surface area contributed by atoms with Gasteiger partial charge in [0.25, 0.3) is 0 Å². The van der Waals surface area contributed by atoms with Crippen molar-refractivity contribution in [3.05, 3.63) is 35.4 Å². The Morgan fingerprint density at radius 3 is 2.19 bits per heavy atom. The van der Waals surface area contributed by atoms with Gasteiger partial charge in [0.1, 0.15) is 5.78 Å². The standard InChI is InChI=1S/C14H18O2/c1-3-5-11-6-8-12(9-7-11)14(16)10-13(15)4-2/h6-9H,3-5,10H2,1-2H3. The number of aryl methyl sites for hydroxylation is 1. The van der Waals surface area contributed by atoms with Crippen molar-refractivity contribution in [3.8, 4) is 0 Å². The van der Waals surface area contributed by atoms with E-state index >= 15 is 0 Å². The minimum absolute atomic E-state index is 0.00244. The largest absolute Gasteiger partial charge is 0.299 e. The zero-order valence-electron chi connectivity index (χ0n) is 9.95. The molecule has 1 aromatic carbocycles. The summed E-state index contributed by atoms with van der Waals surface area (Å²) in [6.45, 7) is 3.90. The molecule has 0 aliphatic carbocycles. The molecule has 0 aliphatic rings. The third kappa shape index (κ3) is 3.61. The number of Topliss-reactive ketones (excluding diaryl/α,β-unsaturated/α-hetero) is 2. The summed E-state index contributed by atoms with van der Waals surface area (Å²) >= 11 is 0. The van der Waals surface area contributed by atoms with Crippen molar-refractivity contribution in [1.29, 1.82) is 0 Å². The molecule has 0 aromatic heterocycles. The van der Waals surface area contributed by atoms with Crippen LogP contribution in [0, 0.1) is 0 Å². The van der Waals surface area contributed by atoms with Crippen LogP contribution in [0.5, 0.6) is 0 Å². The first-order chi connectivity index (χ1) is 7.67. The lowest BCUT2D eigenvalue weighted by Crippen LogP contribution is -2.06. The Bertz CT molecular complexity index is 363. The van der Waals surface area contributed by atoms with Gasteiger partial charge in [-0.1, -0.05) is 44.5 Å². The monoisotopic (exact) mass is 218 g/mol. The highest BCUT2D eigenvalue weighted by Gasteiger charge is 2.09. The van der Waals surface area contributed by atoms with Crippen LogP contribution in [-0.2, 0) is 11.2 Å². The van der Waals surface area contributed by atoms with Gasteiger partial charge < -0.3 is 0 Å². The van der Waals surface area contributed by atoms with Gasteiger partial charge in [0, 0.05) is 12.0 Å². The van der Waals surface area contributed by atoms with E-state index in [0.29, 0.717) is 12.0 Å². The second-order valence-corrected chi connectivity index (χ2v) is 3.94. The van der Waals surface area contributed by atoms with E-state index < -0.39 is 0 Å². The van der Waals surface area contributed by atoms with Crippen LogP contribution in [0.15, 0.2) is 24.3 Å². The van der Waals surface area contributed by atoms with Crippen LogP contribution in [0.4, 0.5) is 0 Å². The molecule has 1 rings (SSSR count). The zero-order chi connectivity index (χ0) is 12.0. The molecule has 2 heteroatoms. The van der Waals surface area contributed by atoms with Crippen molar-refractivity contribution in [2.45, 2.75) is 39.5 Å². The molecule has 0 atom stereocenters. The van der Waals surface area contributed by atoms with E-state index in [0.717, 1.165) is 12.8 Å². The molecule has 0 radical (unpaired) electrons. The van der Waals surface area contributed by atoms with Crippen LogP contribution in [0.3, 0.4) is 0 Å². The number of hydrogen-bond acceptors (Lipinski definition) is 2. The molecule has 0 saturated heterocycles. The number of ketones is 2. The zero-order valence-corrected chi connectivity index (χ0v) is 9.95. The Kier molecular flexibility index (Phi) is 4.90. The van der Waals surface area contributed by atoms with E-state index in [2.05, 4.69) is 6.92 Å². The van der Waals surface area contributed by atoms with Crippen molar-refractivity contribution in [2.75, 3.05) is 0 Å². The van der Waals surface area contributed by atoms with Crippen LogP contribution in [0.2, 0.25) is 0 Å². The van der Waals surface area contributed by atoms with Crippen molar-refractivity contribution in [1.82, 2.24) is 0 Å². The Hall–Kier alpha value is -1.44. The molecule has 0 unspecified atom stereocenters. The van der Waals surface area contributed by atoms with E-state index in [9.17, 15) is 9.59 Å². The number of benzene rings is 1. The SMILES string of the molecule is CCCc1ccc(C(=O)CC(=O)CC)cc1. The summed E-state index contributed by atoms with van der Waals surface area (Å²) in [7, 11) is 0. The van der Waals surface area contributed by atoms with E-state index in [1.54, 1.807) is 6.92 Å². The van der Waals surface area contributed by atoms with Gasteiger partial charge in [0.2, 0.25) is 0 Å². The lowest BCUT2D eigenvalue weighted by atomic mass is 10.0. The molecule has 0 fully saturated rings. The normalized spacial score (nSPS) is 10.1. The highest BCUT2D eigenvalue weighted by Crippen LogP contribution is 2.09. The molecule has 1 aromatic rings. The van der Waals surface area contributed by atoms with E-state index in [1.165, 1.54) is 5.56 Å². The van der Waals surface area contributed by atoms with Crippen molar-refractivity contribution in [3.63, 3.8) is 0 Å². The van der Waals surface area contributed by atoms with Crippen LogP contribution in [0.25, 0.3) is 0 Å².